The van der Waals surface area contributed by atoms with E-state index in [1.165, 1.54) is 66.3 Å². The minimum atomic E-state index is -0.0886. The molecule has 0 radical (unpaired) electrons. The molecule has 1 saturated carbocycles. The average molecular weight is 562 g/mol. The first-order valence-electron chi connectivity index (χ1n) is 12.5. The SMILES string of the molecule is Brc1ccc2c(c1)C(CCCCCC1CC3C=CC1C3)(c1ccccc1)c1cc(Br)ccc1-2. The number of unbranched alkanes of at least 4 members (excludes halogenated alkanes) is 2. The van der Waals surface area contributed by atoms with Crippen LogP contribution in [-0.2, 0) is 5.41 Å². The third-order valence-corrected chi connectivity index (χ3v) is 9.47. The Balaban J connectivity index is 1.31. The second kappa shape index (κ2) is 8.86. The van der Waals surface area contributed by atoms with E-state index in [9.17, 15) is 0 Å². The van der Waals surface area contributed by atoms with E-state index in [0.717, 1.165) is 33.1 Å². The van der Waals surface area contributed by atoms with Crippen molar-refractivity contribution < 1.29 is 0 Å². The molecule has 3 unspecified atom stereocenters. The van der Waals surface area contributed by atoms with Gasteiger partial charge >= 0.3 is 0 Å². The van der Waals surface area contributed by atoms with Crippen molar-refractivity contribution in [2.45, 2.75) is 50.4 Å². The predicted octanol–water partition coefficient (Wildman–Crippen LogP) is 9.69. The minimum Gasteiger partial charge on any atom is -0.0851 e. The summed E-state index contributed by atoms with van der Waals surface area (Å²) in [7, 11) is 0. The van der Waals surface area contributed by atoms with E-state index in [4.69, 9.17) is 0 Å². The van der Waals surface area contributed by atoms with Gasteiger partial charge in [-0.1, -0.05) is 106 Å². The van der Waals surface area contributed by atoms with Crippen LogP contribution in [0.3, 0.4) is 0 Å². The van der Waals surface area contributed by atoms with Crippen LogP contribution in [0, 0.1) is 17.8 Å². The van der Waals surface area contributed by atoms with Gasteiger partial charge in [-0.15, -0.1) is 0 Å². The lowest BCUT2D eigenvalue weighted by atomic mass is 9.69. The molecule has 0 heterocycles. The molecule has 6 rings (SSSR count). The highest BCUT2D eigenvalue weighted by Gasteiger charge is 2.44. The fourth-order valence-corrected chi connectivity index (χ4v) is 7.72. The van der Waals surface area contributed by atoms with E-state index >= 15 is 0 Å². The lowest BCUT2D eigenvalue weighted by molar-refractivity contribution is 0.390. The van der Waals surface area contributed by atoms with Crippen molar-refractivity contribution in [2.75, 3.05) is 0 Å². The maximum absolute atomic E-state index is 3.78. The average Bonchev–Trinajstić information content (AvgIpc) is 3.52. The van der Waals surface area contributed by atoms with Gasteiger partial charge in [-0.05, 0) is 95.5 Å². The largest absolute Gasteiger partial charge is 0.0851 e. The zero-order chi connectivity index (χ0) is 22.4. The second-order valence-corrected chi connectivity index (χ2v) is 12.1. The first-order chi connectivity index (χ1) is 16.1. The van der Waals surface area contributed by atoms with E-state index in [2.05, 4.69) is 111 Å². The Morgan fingerprint density at radius 1 is 0.727 bits per heavy atom. The monoisotopic (exact) mass is 560 g/mol. The summed E-state index contributed by atoms with van der Waals surface area (Å²) >= 11 is 7.56. The van der Waals surface area contributed by atoms with Crippen molar-refractivity contribution in [2.24, 2.45) is 17.8 Å². The molecule has 3 aliphatic carbocycles. The molecular weight excluding hydrogens is 532 g/mol. The molecule has 0 spiro atoms. The maximum Gasteiger partial charge on any atom is 0.0464 e. The summed E-state index contributed by atoms with van der Waals surface area (Å²) in [6.07, 6.45) is 14.3. The Labute approximate surface area is 214 Å². The zero-order valence-corrected chi connectivity index (χ0v) is 22.1. The Kier molecular flexibility index (Phi) is 5.87. The summed E-state index contributed by atoms with van der Waals surface area (Å²) in [5.41, 5.74) is 7.01. The molecule has 0 N–H and O–H groups in total. The van der Waals surface area contributed by atoms with Crippen LogP contribution in [-0.4, -0.2) is 0 Å². The first-order valence-corrected chi connectivity index (χ1v) is 14.1. The fourth-order valence-electron chi connectivity index (χ4n) is 7.00. The highest BCUT2D eigenvalue weighted by atomic mass is 79.9. The van der Waals surface area contributed by atoms with E-state index in [1.807, 2.05) is 0 Å². The van der Waals surface area contributed by atoms with Crippen molar-refractivity contribution in [3.05, 3.63) is 105 Å². The summed E-state index contributed by atoms with van der Waals surface area (Å²) in [4.78, 5) is 0. The summed E-state index contributed by atoms with van der Waals surface area (Å²) in [6.45, 7) is 0. The van der Waals surface area contributed by atoms with Crippen LogP contribution in [0.5, 0.6) is 0 Å². The zero-order valence-electron chi connectivity index (χ0n) is 18.9. The first kappa shape index (κ1) is 21.9. The van der Waals surface area contributed by atoms with E-state index in [0.29, 0.717) is 0 Å². The molecule has 0 amide bonds. The standard InChI is InChI=1S/C31H30Br2/c32-25-12-14-27-28-15-13-26(33)20-30(28)31(29(27)19-25,24-8-4-1-5-9-24)16-6-2-3-7-22-17-21-10-11-23(22)18-21/h1,4-5,8-15,19-23H,2-3,6-7,16-18H2. The lowest BCUT2D eigenvalue weighted by Gasteiger charge is -2.33. The van der Waals surface area contributed by atoms with Crippen LogP contribution in [0.1, 0.15) is 61.6 Å². The number of fused-ring (bicyclic) bond motifs is 5. The van der Waals surface area contributed by atoms with Gasteiger partial charge in [0.15, 0.2) is 0 Å². The van der Waals surface area contributed by atoms with E-state index < -0.39 is 0 Å². The predicted molar refractivity (Wildman–Crippen MR) is 146 cm³/mol. The Hall–Kier alpha value is -1.64. The van der Waals surface area contributed by atoms with Gasteiger partial charge in [0, 0.05) is 14.4 Å². The molecule has 0 aromatic heterocycles. The van der Waals surface area contributed by atoms with Crippen molar-refractivity contribution >= 4 is 31.9 Å². The Morgan fingerprint density at radius 3 is 2.03 bits per heavy atom. The summed E-state index contributed by atoms with van der Waals surface area (Å²) < 4.78 is 2.33. The number of hydrogen-bond acceptors (Lipinski definition) is 0. The van der Waals surface area contributed by atoms with Crippen molar-refractivity contribution in [1.82, 2.24) is 0 Å². The molecule has 0 saturated heterocycles. The number of hydrogen-bond donors (Lipinski definition) is 0. The van der Waals surface area contributed by atoms with Crippen LogP contribution in [0.4, 0.5) is 0 Å². The second-order valence-electron chi connectivity index (χ2n) is 10.3. The highest BCUT2D eigenvalue weighted by Crippen LogP contribution is 2.56. The summed E-state index contributed by atoms with van der Waals surface area (Å²) in [5.74, 6) is 2.72. The molecule has 3 aromatic rings. The van der Waals surface area contributed by atoms with Gasteiger partial charge in [0.2, 0.25) is 0 Å². The van der Waals surface area contributed by atoms with Crippen molar-refractivity contribution in [3.63, 3.8) is 0 Å². The van der Waals surface area contributed by atoms with Gasteiger partial charge in [-0.25, -0.2) is 0 Å². The molecule has 3 aromatic carbocycles. The maximum atomic E-state index is 3.78. The Bertz CT molecular complexity index is 1140. The Morgan fingerprint density at radius 2 is 1.42 bits per heavy atom. The molecule has 1 fully saturated rings. The lowest BCUT2D eigenvalue weighted by Crippen LogP contribution is -2.27. The van der Waals surface area contributed by atoms with Gasteiger partial charge < -0.3 is 0 Å². The van der Waals surface area contributed by atoms with Crippen LogP contribution in [0.2, 0.25) is 0 Å². The molecule has 2 heteroatoms. The summed E-state index contributed by atoms with van der Waals surface area (Å²) in [6, 6.07) is 24.9. The normalized spacial score (nSPS) is 23.6. The topological polar surface area (TPSA) is 0 Å². The van der Waals surface area contributed by atoms with Crippen LogP contribution < -0.4 is 0 Å². The number of allylic oxidation sites excluding steroid dienone is 2. The minimum absolute atomic E-state index is 0.0886. The molecule has 3 aliphatic rings. The van der Waals surface area contributed by atoms with Crippen LogP contribution in [0.15, 0.2) is 87.8 Å². The van der Waals surface area contributed by atoms with Crippen molar-refractivity contribution in [1.29, 1.82) is 0 Å². The van der Waals surface area contributed by atoms with Crippen LogP contribution in [0.25, 0.3) is 11.1 Å². The highest BCUT2D eigenvalue weighted by molar-refractivity contribution is 9.10. The van der Waals surface area contributed by atoms with Gasteiger partial charge in [0.1, 0.15) is 0 Å². The molecule has 3 atom stereocenters. The quantitative estimate of drug-likeness (QED) is 0.199. The summed E-state index contributed by atoms with van der Waals surface area (Å²) in [5, 5.41) is 0. The molecule has 168 valence electrons. The number of halogens is 2. The van der Waals surface area contributed by atoms with Crippen LogP contribution >= 0.6 is 31.9 Å². The van der Waals surface area contributed by atoms with E-state index in [-0.39, 0.29) is 5.41 Å². The third kappa shape index (κ3) is 3.78. The van der Waals surface area contributed by atoms with Gasteiger partial charge in [-0.2, -0.15) is 0 Å². The van der Waals surface area contributed by atoms with Gasteiger partial charge in [0.25, 0.3) is 0 Å². The van der Waals surface area contributed by atoms with Crippen molar-refractivity contribution in [3.8, 4) is 11.1 Å². The molecule has 2 bridgehead atoms. The van der Waals surface area contributed by atoms with Gasteiger partial charge in [-0.3, -0.25) is 0 Å². The number of benzene rings is 3. The van der Waals surface area contributed by atoms with E-state index in [1.54, 1.807) is 0 Å². The third-order valence-electron chi connectivity index (χ3n) is 8.48. The molecule has 0 aliphatic heterocycles. The molecule has 0 nitrogen and oxygen atoms in total. The van der Waals surface area contributed by atoms with Gasteiger partial charge in [0.05, 0.1) is 0 Å². The fraction of sp³-hybridized carbons (Fsp3) is 0.355. The number of rotatable bonds is 7. The smallest absolute Gasteiger partial charge is 0.0464 e. The molecule has 33 heavy (non-hydrogen) atoms. The molecular formula is C31H30Br2.